The van der Waals surface area contributed by atoms with E-state index < -0.39 is 11.8 Å². The summed E-state index contributed by atoms with van der Waals surface area (Å²) in [5.74, 6) is -0.0368. The Morgan fingerprint density at radius 2 is 2.17 bits per heavy atom. The van der Waals surface area contributed by atoms with Crippen molar-refractivity contribution >= 4 is 11.7 Å². The summed E-state index contributed by atoms with van der Waals surface area (Å²) >= 11 is 0. The maximum atomic E-state index is 12.9. The Labute approximate surface area is 106 Å². The fraction of sp³-hybridized carbons (Fsp3) is 0.462. The van der Waals surface area contributed by atoms with E-state index in [1.807, 2.05) is 13.8 Å². The second kappa shape index (κ2) is 6.96. The molecule has 5 heteroatoms. The SMILES string of the molecule is CC(C)CC(CO)NC(=O)Nc1cccc(F)c1. The van der Waals surface area contributed by atoms with Crippen LogP contribution in [0.15, 0.2) is 24.3 Å². The van der Waals surface area contributed by atoms with Crippen LogP contribution in [0.5, 0.6) is 0 Å². The molecule has 1 aromatic carbocycles. The number of hydrogen-bond donors (Lipinski definition) is 3. The molecule has 0 aliphatic heterocycles. The molecule has 1 rings (SSSR count). The Kier molecular flexibility index (Phi) is 5.58. The molecule has 0 heterocycles. The fourth-order valence-corrected chi connectivity index (χ4v) is 1.67. The van der Waals surface area contributed by atoms with Gasteiger partial charge in [0, 0.05) is 5.69 Å². The molecule has 4 nitrogen and oxygen atoms in total. The lowest BCUT2D eigenvalue weighted by Crippen LogP contribution is -2.40. The Balaban J connectivity index is 2.50. The third-order valence-corrected chi connectivity index (χ3v) is 2.39. The van der Waals surface area contributed by atoms with Crippen molar-refractivity contribution in [2.75, 3.05) is 11.9 Å². The lowest BCUT2D eigenvalue weighted by Gasteiger charge is -2.18. The van der Waals surface area contributed by atoms with Crippen LogP contribution in [0.4, 0.5) is 14.9 Å². The Morgan fingerprint density at radius 1 is 1.44 bits per heavy atom. The number of nitrogens with one attached hydrogen (secondary N) is 2. The molecule has 0 bridgehead atoms. The van der Waals surface area contributed by atoms with Gasteiger partial charge >= 0.3 is 6.03 Å². The van der Waals surface area contributed by atoms with Crippen LogP contribution >= 0.6 is 0 Å². The number of benzene rings is 1. The maximum absolute atomic E-state index is 12.9. The van der Waals surface area contributed by atoms with Crippen LogP contribution in [0.25, 0.3) is 0 Å². The van der Waals surface area contributed by atoms with Crippen LogP contribution in [-0.2, 0) is 0 Å². The van der Waals surface area contributed by atoms with Crippen molar-refractivity contribution in [3.8, 4) is 0 Å². The molecule has 0 saturated heterocycles. The number of aliphatic hydroxyl groups excluding tert-OH is 1. The molecule has 0 fully saturated rings. The van der Waals surface area contributed by atoms with Crippen molar-refractivity contribution in [2.45, 2.75) is 26.3 Å². The van der Waals surface area contributed by atoms with Gasteiger partial charge in [-0.25, -0.2) is 9.18 Å². The number of halogens is 1. The zero-order valence-electron chi connectivity index (χ0n) is 10.6. The number of urea groups is 1. The Morgan fingerprint density at radius 3 is 2.72 bits per heavy atom. The zero-order chi connectivity index (χ0) is 13.5. The first-order valence-corrected chi connectivity index (χ1v) is 5.95. The second-order valence-electron chi connectivity index (χ2n) is 4.62. The summed E-state index contributed by atoms with van der Waals surface area (Å²) in [6.45, 7) is 3.90. The first-order valence-electron chi connectivity index (χ1n) is 5.95. The predicted octanol–water partition coefficient (Wildman–Crippen LogP) is 2.35. The van der Waals surface area contributed by atoms with E-state index in [4.69, 9.17) is 5.11 Å². The topological polar surface area (TPSA) is 61.4 Å². The highest BCUT2D eigenvalue weighted by Gasteiger charge is 2.12. The van der Waals surface area contributed by atoms with Crippen molar-refractivity contribution in [3.63, 3.8) is 0 Å². The van der Waals surface area contributed by atoms with Crippen molar-refractivity contribution in [1.82, 2.24) is 5.32 Å². The summed E-state index contributed by atoms with van der Waals surface area (Å²) in [6, 6.07) is 4.91. The first kappa shape index (κ1) is 14.4. The van der Waals surface area contributed by atoms with Crippen molar-refractivity contribution in [1.29, 1.82) is 0 Å². The molecule has 0 radical (unpaired) electrons. The average Bonchev–Trinajstić information content (AvgIpc) is 2.27. The van der Waals surface area contributed by atoms with Gasteiger partial charge in [-0.3, -0.25) is 0 Å². The number of anilines is 1. The van der Waals surface area contributed by atoms with Crippen LogP contribution in [0.1, 0.15) is 20.3 Å². The van der Waals surface area contributed by atoms with E-state index >= 15 is 0 Å². The zero-order valence-corrected chi connectivity index (χ0v) is 10.6. The number of carbonyl (C=O) groups excluding carboxylic acids is 1. The van der Waals surface area contributed by atoms with Crippen LogP contribution < -0.4 is 10.6 Å². The van der Waals surface area contributed by atoms with Gasteiger partial charge < -0.3 is 15.7 Å². The molecular weight excluding hydrogens is 235 g/mol. The highest BCUT2D eigenvalue weighted by molar-refractivity contribution is 5.89. The van der Waals surface area contributed by atoms with Gasteiger partial charge in [0.15, 0.2) is 0 Å². The lowest BCUT2D eigenvalue weighted by atomic mass is 10.0. The molecule has 0 aromatic heterocycles. The molecule has 3 N–H and O–H groups in total. The van der Waals surface area contributed by atoms with Crippen LogP contribution in [-0.4, -0.2) is 23.8 Å². The van der Waals surface area contributed by atoms with E-state index in [9.17, 15) is 9.18 Å². The van der Waals surface area contributed by atoms with E-state index in [1.165, 1.54) is 18.2 Å². The smallest absolute Gasteiger partial charge is 0.319 e. The van der Waals surface area contributed by atoms with Gasteiger partial charge in [-0.05, 0) is 30.5 Å². The van der Waals surface area contributed by atoms with Crippen LogP contribution in [0.3, 0.4) is 0 Å². The maximum Gasteiger partial charge on any atom is 0.319 e. The normalized spacial score (nSPS) is 12.3. The third-order valence-electron chi connectivity index (χ3n) is 2.39. The summed E-state index contributed by atoms with van der Waals surface area (Å²) in [5.41, 5.74) is 0.383. The van der Waals surface area contributed by atoms with E-state index in [-0.39, 0.29) is 12.6 Å². The molecular formula is C13H19FN2O2. The van der Waals surface area contributed by atoms with Crippen molar-refractivity contribution < 1.29 is 14.3 Å². The van der Waals surface area contributed by atoms with Gasteiger partial charge in [-0.2, -0.15) is 0 Å². The number of carbonyl (C=O) groups is 1. The van der Waals surface area contributed by atoms with Crippen LogP contribution in [0.2, 0.25) is 0 Å². The fourth-order valence-electron chi connectivity index (χ4n) is 1.67. The van der Waals surface area contributed by atoms with Gasteiger partial charge in [0.05, 0.1) is 12.6 Å². The molecule has 1 aromatic rings. The van der Waals surface area contributed by atoms with Gasteiger partial charge in [0.1, 0.15) is 5.82 Å². The lowest BCUT2D eigenvalue weighted by molar-refractivity contribution is 0.214. The standard InChI is InChI=1S/C13H19FN2O2/c1-9(2)6-12(8-17)16-13(18)15-11-5-3-4-10(14)7-11/h3-5,7,9,12,17H,6,8H2,1-2H3,(H2,15,16,18). The summed E-state index contributed by atoms with van der Waals surface area (Å²) in [4.78, 5) is 11.6. The van der Waals surface area contributed by atoms with Gasteiger partial charge in [-0.15, -0.1) is 0 Å². The molecule has 2 amide bonds. The summed E-state index contributed by atoms with van der Waals surface area (Å²) < 4.78 is 12.9. The third kappa shape index (κ3) is 5.14. The Hall–Kier alpha value is -1.62. The van der Waals surface area contributed by atoms with E-state index in [0.29, 0.717) is 18.0 Å². The average molecular weight is 254 g/mol. The van der Waals surface area contributed by atoms with Gasteiger partial charge in [0.25, 0.3) is 0 Å². The van der Waals surface area contributed by atoms with Crippen molar-refractivity contribution in [2.24, 2.45) is 5.92 Å². The summed E-state index contributed by atoms with van der Waals surface area (Å²) in [5, 5.41) is 14.3. The molecule has 0 spiro atoms. The minimum atomic E-state index is -0.444. The quantitative estimate of drug-likeness (QED) is 0.755. The predicted molar refractivity (Wildman–Crippen MR) is 68.9 cm³/mol. The monoisotopic (exact) mass is 254 g/mol. The number of aliphatic hydroxyl groups is 1. The minimum absolute atomic E-state index is 0.116. The summed E-state index contributed by atoms with van der Waals surface area (Å²) in [6.07, 6.45) is 0.688. The second-order valence-corrected chi connectivity index (χ2v) is 4.62. The highest BCUT2D eigenvalue weighted by atomic mass is 19.1. The number of rotatable bonds is 5. The Bertz CT molecular complexity index is 396. The molecule has 0 aliphatic carbocycles. The van der Waals surface area contributed by atoms with E-state index in [1.54, 1.807) is 6.07 Å². The molecule has 18 heavy (non-hydrogen) atoms. The largest absolute Gasteiger partial charge is 0.394 e. The minimum Gasteiger partial charge on any atom is -0.394 e. The van der Waals surface area contributed by atoms with Gasteiger partial charge in [0.2, 0.25) is 0 Å². The molecule has 0 aliphatic rings. The van der Waals surface area contributed by atoms with Crippen LogP contribution in [0, 0.1) is 11.7 Å². The number of amides is 2. The van der Waals surface area contributed by atoms with Crippen molar-refractivity contribution in [3.05, 3.63) is 30.1 Å². The highest BCUT2D eigenvalue weighted by Crippen LogP contribution is 2.09. The van der Waals surface area contributed by atoms with Gasteiger partial charge in [-0.1, -0.05) is 19.9 Å². The number of hydrogen-bond acceptors (Lipinski definition) is 2. The summed E-state index contributed by atoms with van der Waals surface area (Å²) in [7, 11) is 0. The molecule has 0 saturated carbocycles. The first-order chi connectivity index (χ1) is 8.51. The van der Waals surface area contributed by atoms with E-state index in [2.05, 4.69) is 10.6 Å². The molecule has 1 atom stereocenters. The van der Waals surface area contributed by atoms with E-state index in [0.717, 1.165) is 0 Å². The molecule has 1 unspecified atom stereocenters. The molecule has 100 valence electrons.